The number of carbonyl (C=O) groups excluding carboxylic acids is 1. The minimum atomic E-state index is -1.06. The summed E-state index contributed by atoms with van der Waals surface area (Å²) in [6, 6.07) is 3.94. The molecular formula is C14H16N2O3. The Kier molecular flexibility index (Phi) is 3.72. The maximum absolute atomic E-state index is 11.1. The molecule has 1 aliphatic heterocycles. The number of rotatable bonds is 2. The number of nitrogens with zero attached hydrogens (tertiary/aromatic N) is 2. The minimum absolute atomic E-state index is 0.248. The van der Waals surface area contributed by atoms with Crippen molar-refractivity contribution in [3.05, 3.63) is 23.0 Å². The molecule has 5 heteroatoms. The standard InChI is InChI=1S/C14H16N2O3/c1-9(17)18-14(4,5)12-10(8-16)11(6-7-15)13(2,3)19-12/h6H,1-5H3/b11-6-. The van der Waals surface area contributed by atoms with Gasteiger partial charge in [0.15, 0.2) is 11.4 Å². The molecule has 0 bridgehead atoms. The average Bonchev–Trinajstić information content (AvgIpc) is 2.50. The van der Waals surface area contributed by atoms with E-state index in [9.17, 15) is 10.1 Å². The Morgan fingerprint density at radius 3 is 2.42 bits per heavy atom. The van der Waals surface area contributed by atoms with E-state index in [0.29, 0.717) is 5.57 Å². The van der Waals surface area contributed by atoms with Gasteiger partial charge >= 0.3 is 5.97 Å². The summed E-state index contributed by atoms with van der Waals surface area (Å²) in [5, 5.41) is 18.1. The average molecular weight is 260 g/mol. The molecule has 0 aromatic rings. The van der Waals surface area contributed by atoms with Gasteiger partial charge in [0, 0.05) is 18.6 Å². The molecule has 0 spiro atoms. The summed E-state index contributed by atoms with van der Waals surface area (Å²) < 4.78 is 10.9. The lowest BCUT2D eigenvalue weighted by Crippen LogP contribution is -2.32. The molecule has 0 fully saturated rings. The Morgan fingerprint density at radius 2 is 2.00 bits per heavy atom. The van der Waals surface area contributed by atoms with Crippen LogP contribution in [0.5, 0.6) is 0 Å². The Labute approximate surface area is 112 Å². The topological polar surface area (TPSA) is 83.1 Å². The molecule has 19 heavy (non-hydrogen) atoms. The van der Waals surface area contributed by atoms with Crippen molar-refractivity contribution >= 4 is 5.97 Å². The summed E-state index contributed by atoms with van der Waals surface area (Å²) in [7, 11) is 0. The van der Waals surface area contributed by atoms with Crippen LogP contribution in [-0.4, -0.2) is 17.2 Å². The van der Waals surface area contributed by atoms with Gasteiger partial charge in [-0.25, -0.2) is 0 Å². The summed E-state index contributed by atoms with van der Waals surface area (Å²) in [4.78, 5) is 11.1. The third-order valence-electron chi connectivity index (χ3n) is 2.77. The van der Waals surface area contributed by atoms with Gasteiger partial charge in [0.1, 0.15) is 17.2 Å². The van der Waals surface area contributed by atoms with E-state index in [0.717, 1.165) is 0 Å². The first-order valence-electron chi connectivity index (χ1n) is 5.80. The lowest BCUT2D eigenvalue weighted by Gasteiger charge is -2.28. The van der Waals surface area contributed by atoms with E-state index in [4.69, 9.17) is 14.7 Å². The van der Waals surface area contributed by atoms with Gasteiger partial charge in [0.05, 0.1) is 6.07 Å². The molecule has 0 amide bonds. The number of allylic oxidation sites excluding steroid dienone is 1. The molecule has 0 aliphatic carbocycles. The Bertz CT molecular complexity index is 554. The number of esters is 1. The van der Waals surface area contributed by atoms with Crippen molar-refractivity contribution in [1.82, 2.24) is 0 Å². The molecule has 1 heterocycles. The zero-order valence-electron chi connectivity index (χ0n) is 11.7. The van der Waals surface area contributed by atoms with E-state index < -0.39 is 17.2 Å². The van der Waals surface area contributed by atoms with E-state index in [2.05, 4.69) is 0 Å². The normalized spacial score (nSPS) is 19.6. The molecule has 1 rings (SSSR count). The molecule has 1 aliphatic rings. The van der Waals surface area contributed by atoms with Crippen LogP contribution in [0.25, 0.3) is 0 Å². The van der Waals surface area contributed by atoms with Gasteiger partial charge in [0.2, 0.25) is 0 Å². The van der Waals surface area contributed by atoms with Crippen LogP contribution in [0.1, 0.15) is 34.6 Å². The zero-order chi connectivity index (χ0) is 14.8. The number of ether oxygens (including phenoxy) is 2. The highest BCUT2D eigenvalue weighted by Gasteiger charge is 2.45. The third kappa shape index (κ3) is 2.77. The van der Waals surface area contributed by atoms with E-state index in [1.807, 2.05) is 12.1 Å². The number of hydrogen-bond donors (Lipinski definition) is 0. The van der Waals surface area contributed by atoms with Gasteiger partial charge in [-0.1, -0.05) is 0 Å². The number of hydrogen-bond acceptors (Lipinski definition) is 5. The first-order valence-corrected chi connectivity index (χ1v) is 5.80. The van der Waals surface area contributed by atoms with Crippen molar-refractivity contribution in [3.63, 3.8) is 0 Å². The van der Waals surface area contributed by atoms with Crippen molar-refractivity contribution < 1.29 is 14.3 Å². The Balaban J connectivity index is 3.39. The predicted octanol–water partition coefficient (Wildman–Crippen LogP) is 2.36. The van der Waals surface area contributed by atoms with Crippen molar-refractivity contribution in [2.45, 2.75) is 45.8 Å². The highest BCUT2D eigenvalue weighted by molar-refractivity contribution is 5.67. The SMILES string of the molecule is CC(=O)OC(C)(C)C1=C(C#N)/C(=C/C#N)C(C)(C)O1. The fourth-order valence-corrected chi connectivity index (χ4v) is 2.04. The van der Waals surface area contributed by atoms with Crippen molar-refractivity contribution in [2.24, 2.45) is 0 Å². The van der Waals surface area contributed by atoms with E-state index in [1.165, 1.54) is 13.0 Å². The number of nitriles is 2. The Morgan fingerprint density at radius 1 is 1.42 bits per heavy atom. The maximum atomic E-state index is 11.1. The molecule has 5 nitrogen and oxygen atoms in total. The van der Waals surface area contributed by atoms with Gasteiger partial charge < -0.3 is 9.47 Å². The fraction of sp³-hybridized carbons (Fsp3) is 0.500. The molecule has 0 aromatic heterocycles. The van der Waals surface area contributed by atoms with Crippen LogP contribution in [0.2, 0.25) is 0 Å². The second kappa shape index (κ2) is 4.78. The van der Waals surface area contributed by atoms with Crippen LogP contribution < -0.4 is 0 Å². The molecule has 0 unspecified atom stereocenters. The monoisotopic (exact) mass is 260 g/mol. The lowest BCUT2D eigenvalue weighted by molar-refractivity contribution is -0.154. The summed E-state index contributed by atoms with van der Waals surface area (Å²) in [5.41, 5.74) is -1.11. The molecule has 0 aromatic carbocycles. The molecule has 0 saturated carbocycles. The van der Waals surface area contributed by atoms with Gasteiger partial charge in [-0.15, -0.1) is 0 Å². The second-order valence-corrected chi connectivity index (χ2v) is 5.22. The lowest BCUT2D eigenvalue weighted by atomic mass is 9.92. The van der Waals surface area contributed by atoms with E-state index >= 15 is 0 Å². The largest absolute Gasteiger partial charge is 0.482 e. The van der Waals surface area contributed by atoms with Crippen LogP contribution >= 0.6 is 0 Å². The van der Waals surface area contributed by atoms with Gasteiger partial charge in [0.25, 0.3) is 0 Å². The first kappa shape index (κ1) is 14.8. The smallest absolute Gasteiger partial charge is 0.303 e. The van der Waals surface area contributed by atoms with Crippen LogP contribution in [0, 0.1) is 22.7 Å². The summed E-state index contributed by atoms with van der Waals surface area (Å²) in [6.45, 7) is 8.09. The molecule has 100 valence electrons. The molecule has 0 atom stereocenters. The van der Waals surface area contributed by atoms with Crippen LogP contribution in [0.3, 0.4) is 0 Å². The predicted molar refractivity (Wildman–Crippen MR) is 67.3 cm³/mol. The minimum Gasteiger partial charge on any atom is -0.482 e. The summed E-state index contributed by atoms with van der Waals surface area (Å²) >= 11 is 0. The molecular weight excluding hydrogens is 244 g/mol. The molecule has 0 N–H and O–H groups in total. The van der Waals surface area contributed by atoms with Crippen LogP contribution in [0.4, 0.5) is 0 Å². The maximum Gasteiger partial charge on any atom is 0.303 e. The van der Waals surface area contributed by atoms with Crippen molar-refractivity contribution in [1.29, 1.82) is 10.5 Å². The quantitative estimate of drug-likeness (QED) is 0.562. The van der Waals surface area contributed by atoms with Crippen LogP contribution in [0.15, 0.2) is 23.0 Å². The fourth-order valence-electron chi connectivity index (χ4n) is 2.04. The van der Waals surface area contributed by atoms with E-state index in [1.54, 1.807) is 27.7 Å². The van der Waals surface area contributed by atoms with Gasteiger partial charge in [-0.3, -0.25) is 4.79 Å². The van der Waals surface area contributed by atoms with Crippen molar-refractivity contribution in [2.75, 3.05) is 0 Å². The zero-order valence-corrected chi connectivity index (χ0v) is 11.7. The number of carbonyl (C=O) groups is 1. The highest BCUT2D eigenvalue weighted by Crippen LogP contribution is 2.43. The molecule has 0 radical (unpaired) electrons. The van der Waals surface area contributed by atoms with Gasteiger partial charge in [-0.2, -0.15) is 10.5 Å². The highest BCUT2D eigenvalue weighted by atomic mass is 16.6. The first-order chi connectivity index (χ1) is 8.65. The Hall–Kier alpha value is -2.27. The summed E-state index contributed by atoms with van der Waals surface area (Å²) in [5.74, 6) is -0.189. The van der Waals surface area contributed by atoms with Crippen molar-refractivity contribution in [3.8, 4) is 12.1 Å². The van der Waals surface area contributed by atoms with Crippen LogP contribution in [-0.2, 0) is 14.3 Å². The summed E-state index contributed by atoms with van der Waals surface area (Å²) in [6.07, 6.45) is 1.29. The van der Waals surface area contributed by atoms with E-state index in [-0.39, 0.29) is 11.3 Å². The third-order valence-corrected chi connectivity index (χ3v) is 2.77. The van der Waals surface area contributed by atoms with Gasteiger partial charge in [-0.05, 0) is 27.7 Å². The second-order valence-electron chi connectivity index (χ2n) is 5.22. The molecule has 0 saturated heterocycles.